The summed E-state index contributed by atoms with van der Waals surface area (Å²) in [4.78, 5) is 40.9. The van der Waals surface area contributed by atoms with Gasteiger partial charge in [0.05, 0.1) is 14.2 Å². The highest BCUT2D eigenvalue weighted by Gasteiger charge is 2.49. The summed E-state index contributed by atoms with van der Waals surface area (Å²) < 4.78 is 24.0. The van der Waals surface area contributed by atoms with Crippen molar-refractivity contribution in [3.63, 3.8) is 0 Å². The molecule has 0 aliphatic carbocycles. The Labute approximate surface area is 185 Å². The van der Waals surface area contributed by atoms with Crippen LogP contribution in [0, 0.1) is 5.82 Å². The number of hydrogen-bond acceptors (Lipinski definition) is 5. The number of carbonyl (C=O) groups excluding carboxylic acids is 3. The van der Waals surface area contributed by atoms with Crippen molar-refractivity contribution in [3.8, 4) is 11.5 Å². The van der Waals surface area contributed by atoms with E-state index >= 15 is 0 Å². The second kappa shape index (κ2) is 9.25. The zero-order valence-electron chi connectivity index (χ0n) is 18.5. The SMILES string of the molecule is CCN(Cc1ccc(OC)c(F)c1)C(=O)CN1C(=O)NC(C)(c2ccc(OC)cc2)C1=O. The zero-order valence-corrected chi connectivity index (χ0v) is 18.5. The lowest BCUT2D eigenvalue weighted by Crippen LogP contribution is -2.44. The number of methoxy groups -OCH3 is 2. The van der Waals surface area contributed by atoms with Gasteiger partial charge >= 0.3 is 6.03 Å². The fourth-order valence-electron chi connectivity index (χ4n) is 3.60. The maximum atomic E-state index is 14.0. The molecule has 1 unspecified atom stereocenters. The average molecular weight is 443 g/mol. The first-order chi connectivity index (χ1) is 15.2. The van der Waals surface area contributed by atoms with E-state index in [1.165, 1.54) is 31.3 Å². The highest BCUT2D eigenvalue weighted by molar-refractivity contribution is 6.09. The number of imide groups is 1. The monoisotopic (exact) mass is 443 g/mol. The maximum absolute atomic E-state index is 14.0. The first-order valence-electron chi connectivity index (χ1n) is 10.1. The van der Waals surface area contributed by atoms with Crippen molar-refractivity contribution >= 4 is 17.8 Å². The van der Waals surface area contributed by atoms with E-state index in [1.807, 2.05) is 0 Å². The summed E-state index contributed by atoms with van der Waals surface area (Å²) in [5.41, 5.74) is -0.147. The Balaban J connectivity index is 1.73. The molecule has 1 fully saturated rings. The van der Waals surface area contributed by atoms with Crippen LogP contribution in [0.15, 0.2) is 42.5 Å². The number of halogens is 1. The van der Waals surface area contributed by atoms with Crippen LogP contribution in [-0.4, -0.2) is 55.0 Å². The van der Waals surface area contributed by atoms with Gasteiger partial charge in [0.25, 0.3) is 5.91 Å². The van der Waals surface area contributed by atoms with Gasteiger partial charge in [0.2, 0.25) is 5.91 Å². The molecule has 3 rings (SSSR count). The summed E-state index contributed by atoms with van der Waals surface area (Å²) >= 11 is 0. The smallest absolute Gasteiger partial charge is 0.325 e. The van der Waals surface area contributed by atoms with E-state index in [9.17, 15) is 18.8 Å². The number of nitrogens with one attached hydrogen (secondary N) is 1. The Morgan fingerprint density at radius 1 is 1.12 bits per heavy atom. The first kappa shape index (κ1) is 23.1. The summed E-state index contributed by atoms with van der Waals surface area (Å²) in [6.45, 7) is 3.41. The van der Waals surface area contributed by atoms with Crippen molar-refractivity contribution in [1.29, 1.82) is 0 Å². The fraction of sp³-hybridized carbons (Fsp3) is 0.348. The number of hydrogen-bond donors (Lipinski definition) is 1. The minimum absolute atomic E-state index is 0.111. The third-order valence-corrected chi connectivity index (χ3v) is 5.56. The van der Waals surface area contributed by atoms with Crippen LogP contribution in [0.4, 0.5) is 9.18 Å². The van der Waals surface area contributed by atoms with Gasteiger partial charge in [-0.3, -0.25) is 14.5 Å². The Morgan fingerprint density at radius 2 is 1.81 bits per heavy atom. The molecule has 1 heterocycles. The van der Waals surface area contributed by atoms with E-state index in [4.69, 9.17) is 9.47 Å². The van der Waals surface area contributed by atoms with Crippen LogP contribution in [0.2, 0.25) is 0 Å². The first-order valence-corrected chi connectivity index (χ1v) is 10.1. The number of nitrogens with zero attached hydrogens (tertiary/aromatic N) is 2. The molecule has 32 heavy (non-hydrogen) atoms. The van der Waals surface area contributed by atoms with Crippen LogP contribution in [0.3, 0.4) is 0 Å². The van der Waals surface area contributed by atoms with Crippen molar-refractivity contribution in [2.24, 2.45) is 0 Å². The molecule has 0 aromatic heterocycles. The van der Waals surface area contributed by atoms with Crippen LogP contribution < -0.4 is 14.8 Å². The second-order valence-corrected chi connectivity index (χ2v) is 7.55. The van der Waals surface area contributed by atoms with Gasteiger partial charge in [0, 0.05) is 13.1 Å². The Bertz CT molecular complexity index is 1030. The summed E-state index contributed by atoms with van der Waals surface area (Å²) in [7, 11) is 2.91. The lowest BCUT2D eigenvalue weighted by atomic mass is 9.92. The van der Waals surface area contributed by atoms with Crippen LogP contribution in [-0.2, 0) is 21.7 Å². The number of rotatable bonds is 8. The Hall–Kier alpha value is -3.62. The highest BCUT2D eigenvalue weighted by atomic mass is 19.1. The van der Waals surface area contributed by atoms with E-state index < -0.39 is 35.7 Å². The molecule has 1 N–H and O–H groups in total. The normalized spacial score (nSPS) is 17.8. The van der Waals surface area contributed by atoms with E-state index in [2.05, 4.69) is 5.32 Å². The molecule has 8 nitrogen and oxygen atoms in total. The third kappa shape index (κ3) is 4.37. The minimum Gasteiger partial charge on any atom is -0.497 e. The summed E-state index contributed by atoms with van der Waals surface area (Å²) in [6.07, 6.45) is 0. The fourth-order valence-corrected chi connectivity index (χ4v) is 3.60. The van der Waals surface area contributed by atoms with Gasteiger partial charge < -0.3 is 19.7 Å². The molecule has 2 aromatic rings. The summed E-state index contributed by atoms with van der Waals surface area (Å²) in [5.74, 6) is -0.744. The topological polar surface area (TPSA) is 88.2 Å². The molecule has 1 aliphatic heterocycles. The standard InChI is InChI=1S/C23H26FN3O5/c1-5-26(13-15-6-11-19(32-4)18(24)12-15)20(28)14-27-21(29)23(2,25-22(27)30)16-7-9-17(31-3)10-8-16/h6-12H,5,13-14H2,1-4H3,(H,25,30). The van der Waals surface area contributed by atoms with E-state index in [0.717, 1.165) is 4.90 Å². The molecule has 1 atom stereocenters. The molecule has 1 aliphatic rings. The molecular formula is C23H26FN3O5. The average Bonchev–Trinajstić information content (AvgIpc) is 3.01. The predicted octanol–water partition coefficient (Wildman–Crippen LogP) is 2.66. The summed E-state index contributed by atoms with van der Waals surface area (Å²) in [6, 6.07) is 10.6. The van der Waals surface area contributed by atoms with Gasteiger partial charge in [-0.1, -0.05) is 18.2 Å². The molecule has 0 saturated carbocycles. The maximum Gasteiger partial charge on any atom is 0.325 e. The highest BCUT2D eigenvalue weighted by Crippen LogP contribution is 2.30. The van der Waals surface area contributed by atoms with Gasteiger partial charge in [-0.25, -0.2) is 9.18 Å². The molecule has 9 heteroatoms. The molecular weight excluding hydrogens is 417 g/mol. The van der Waals surface area contributed by atoms with Gasteiger partial charge in [-0.05, 0) is 49.2 Å². The number of ether oxygens (including phenoxy) is 2. The van der Waals surface area contributed by atoms with Crippen molar-refractivity contribution in [1.82, 2.24) is 15.1 Å². The molecule has 170 valence electrons. The number of amides is 4. The molecule has 4 amide bonds. The van der Waals surface area contributed by atoms with Gasteiger partial charge in [0.1, 0.15) is 17.8 Å². The van der Waals surface area contributed by atoms with Crippen molar-refractivity contribution in [2.45, 2.75) is 25.9 Å². The Kier molecular flexibility index (Phi) is 6.67. The predicted molar refractivity (Wildman–Crippen MR) is 115 cm³/mol. The van der Waals surface area contributed by atoms with Crippen LogP contribution in [0.1, 0.15) is 25.0 Å². The van der Waals surface area contributed by atoms with Gasteiger partial charge in [-0.2, -0.15) is 0 Å². The second-order valence-electron chi connectivity index (χ2n) is 7.55. The van der Waals surface area contributed by atoms with Gasteiger partial charge in [0.15, 0.2) is 11.6 Å². The minimum atomic E-state index is -1.29. The van der Waals surface area contributed by atoms with E-state index in [-0.39, 0.29) is 12.3 Å². The van der Waals surface area contributed by atoms with Crippen molar-refractivity contribution in [3.05, 3.63) is 59.4 Å². The quantitative estimate of drug-likeness (QED) is 0.634. The number of benzene rings is 2. The largest absolute Gasteiger partial charge is 0.497 e. The number of urea groups is 1. The molecule has 1 saturated heterocycles. The molecule has 0 spiro atoms. The van der Waals surface area contributed by atoms with Crippen LogP contribution >= 0.6 is 0 Å². The van der Waals surface area contributed by atoms with Crippen LogP contribution in [0.25, 0.3) is 0 Å². The molecule has 0 radical (unpaired) electrons. The van der Waals surface area contributed by atoms with E-state index in [1.54, 1.807) is 44.2 Å². The third-order valence-electron chi connectivity index (χ3n) is 5.56. The number of carbonyl (C=O) groups is 3. The summed E-state index contributed by atoms with van der Waals surface area (Å²) in [5, 5.41) is 2.68. The van der Waals surface area contributed by atoms with Crippen molar-refractivity contribution < 1.29 is 28.2 Å². The van der Waals surface area contributed by atoms with Crippen LogP contribution in [0.5, 0.6) is 11.5 Å². The zero-order chi connectivity index (χ0) is 23.5. The molecule has 0 bridgehead atoms. The van der Waals surface area contributed by atoms with Crippen molar-refractivity contribution in [2.75, 3.05) is 27.3 Å². The number of likely N-dealkylation sites (N-methyl/N-ethyl adjacent to an activating group) is 1. The Morgan fingerprint density at radius 3 is 2.38 bits per heavy atom. The van der Waals surface area contributed by atoms with E-state index in [0.29, 0.717) is 23.4 Å². The molecule has 2 aromatic carbocycles. The lowest BCUT2D eigenvalue weighted by molar-refractivity contribution is -0.139. The lowest BCUT2D eigenvalue weighted by Gasteiger charge is -2.25. The van der Waals surface area contributed by atoms with Gasteiger partial charge in [-0.15, -0.1) is 0 Å².